The zero-order chi connectivity index (χ0) is 27.0. The average molecular weight is 507 g/mol. The number of phenols is 3. The van der Waals surface area contributed by atoms with Crippen molar-refractivity contribution in [1.29, 1.82) is 0 Å². The van der Waals surface area contributed by atoms with E-state index in [1.807, 2.05) is 13.0 Å². The van der Waals surface area contributed by atoms with Crippen molar-refractivity contribution in [3.05, 3.63) is 76.4 Å². The van der Waals surface area contributed by atoms with Gasteiger partial charge in [0.1, 0.15) is 34.3 Å². The van der Waals surface area contributed by atoms with E-state index >= 15 is 0 Å². The third-order valence-corrected chi connectivity index (χ3v) is 6.95. The molecule has 0 aromatic heterocycles. The Kier molecular flexibility index (Phi) is 7.11. The zero-order valence-electron chi connectivity index (χ0n) is 21.7. The van der Waals surface area contributed by atoms with E-state index in [1.165, 1.54) is 29.3 Å². The molecule has 0 unspecified atom stereocenters. The maximum absolute atomic E-state index is 13.5. The summed E-state index contributed by atoms with van der Waals surface area (Å²) in [6.07, 6.45) is 10.1. The number of Topliss-reactive ketones (excluding diaryl/α,β-unsaturated/α-hetero) is 1. The largest absolute Gasteiger partial charge is 0.508 e. The lowest BCUT2D eigenvalue weighted by Crippen LogP contribution is -2.62. The monoisotopic (exact) mass is 506 g/mol. The Morgan fingerprint density at radius 2 is 1.49 bits per heavy atom. The van der Waals surface area contributed by atoms with Crippen LogP contribution in [0.2, 0.25) is 0 Å². The second kappa shape index (κ2) is 9.98. The molecule has 7 nitrogen and oxygen atoms in total. The number of hydrogen-bond donors (Lipinski definition) is 4. The lowest BCUT2D eigenvalue weighted by Gasteiger charge is -2.43. The highest BCUT2D eigenvalue weighted by atomic mass is 16.7. The standard InChI is InChI=1S/C30H34O7/c1-18(2)7-5-8-19(3)9-6-10-20(4)13-14-29-23-12-11-21(31)16-25(23)37-30(29,35)28(34)27-24(33)15-22(32)17-26(27)36-29/h7,9,11-13,15-17,31-33,35H,5-6,8,10,14H2,1-4H3/b19-9+,20-13-/t29-,30+/m0/s1. The number of ketones is 1. The van der Waals surface area contributed by atoms with E-state index in [0.29, 0.717) is 5.56 Å². The van der Waals surface area contributed by atoms with Gasteiger partial charge in [0.2, 0.25) is 11.4 Å². The number of phenolic OH excluding ortho intramolecular Hbond substituents is 3. The maximum Gasteiger partial charge on any atom is 0.318 e. The third kappa shape index (κ3) is 4.83. The van der Waals surface area contributed by atoms with Crippen LogP contribution in [0.25, 0.3) is 0 Å². The van der Waals surface area contributed by atoms with Gasteiger partial charge in [0.25, 0.3) is 0 Å². The molecule has 2 aromatic carbocycles. The van der Waals surface area contributed by atoms with Crippen molar-refractivity contribution in [2.24, 2.45) is 0 Å². The molecule has 2 atom stereocenters. The Balaban J connectivity index is 1.63. The van der Waals surface area contributed by atoms with Gasteiger partial charge in [-0.3, -0.25) is 4.79 Å². The molecule has 2 heterocycles. The van der Waals surface area contributed by atoms with Crippen molar-refractivity contribution in [1.82, 2.24) is 0 Å². The van der Waals surface area contributed by atoms with E-state index in [2.05, 4.69) is 32.9 Å². The van der Waals surface area contributed by atoms with E-state index < -0.39 is 22.9 Å². The molecule has 0 bridgehead atoms. The fourth-order valence-corrected chi connectivity index (χ4v) is 4.91. The summed E-state index contributed by atoms with van der Waals surface area (Å²) >= 11 is 0. The fraction of sp³-hybridized carbons (Fsp3) is 0.367. The average Bonchev–Trinajstić information content (AvgIpc) is 3.05. The summed E-state index contributed by atoms with van der Waals surface area (Å²) in [6, 6.07) is 6.52. The first-order chi connectivity index (χ1) is 17.5. The number of aromatic hydroxyl groups is 3. The summed E-state index contributed by atoms with van der Waals surface area (Å²) in [5, 5.41) is 42.0. The fourth-order valence-electron chi connectivity index (χ4n) is 4.91. The second-order valence-electron chi connectivity index (χ2n) is 10.2. The van der Waals surface area contributed by atoms with Crippen molar-refractivity contribution >= 4 is 5.78 Å². The summed E-state index contributed by atoms with van der Waals surface area (Å²) in [4.78, 5) is 13.5. The molecular formula is C30H34O7. The molecular weight excluding hydrogens is 472 g/mol. The molecule has 0 amide bonds. The first-order valence-corrected chi connectivity index (χ1v) is 12.5. The molecule has 0 spiro atoms. The van der Waals surface area contributed by atoms with Crippen molar-refractivity contribution in [2.45, 2.75) is 71.2 Å². The van der Waals surface area contributed by atoms with Crippen molar-refractivity contribution in [3.8, 4) is 28.7 Å². The molecule has 4 rings (SSSR count). The Labute approximate surface area is 217 Å². The Bertz CT molecular complexity index is 1320. The number of allylic oxidation sites excluding steroid dienone is 5. The minimum Gasteiger partial charge on any atom is -0.508 e. The van der Waals surface area contributed by atoms with Crippen molar-refractivity contribution in [3.63, 3.8) is 0 Å². The minimum atomic E-state index is -2.48. The number of carbonyl (C=O) groups excluding carboxylic acids is 1. The van der Waals surface area contributed by atoms with Gasteiger partial charge < -0.3 is 29.9 Å². The molecule has 2 aliphatic rings. The highest BCUT2D eigenvalue weighted by molar-refractivity contribution is 6.08. The van der Waals surface area contributed by atoms with Crippen LogP contribution in [0.3, 0.4) is 0 Å². The quantitative estimate of drug-likeness (QED) is 0.317. The molecule has 37 heavy (non-hydrogen) atoms. The van der Waals surface area contributed by atoms with E-state index in [9.17, 15) is 25.2 Å². The summed E-state index contributed by atoms with van der Waals surface area (Å²) in [5.41, 5.74) is 2.11. The highest BCUT2D eigenvalue weighted by Crippen LogP contribution is 2.58. The number of fused-ring (bicyclic) bond motifs is 4. The van der Waals surface area contributed by atoms with Crippen LogP contribution in [0.5, 0.6) is 28.7 Å². The number of carbonyl (C=O) groups is 1. The van der Waals surface area contributed by atoms with E-state index in [4.69, 9.17) is 9.47 Å². The van der Waals surface area contributed by atoms with E-state index in [-0.39, 0.29) is 35.0 Å². The smallest absolute Gasteiger partial charge is 0.318 e. The number of benzene rings is 2. The molecule has 0 radical (unpaired) electrons. The van der Waals surface area contributed by atoms with Crippen LogP contribution >= 0.6 is 0 Å². The molecule has 2 aliphatic heterocycles. The Morgan fingerprint density at radius 3 is 2.19 bits per heavy atom. The normalized spacial score (nSPS) is 22.5. The maximum atomic E-state index is 13.5. The number of rotatable bonds is 8. The summed E-state index contributed by atoms with van der Waals surface area (Å²) in [7, 11) is 0. The first kappa shape index (κ1) is 26.4. The van der Waals surface area contributed by atoms with Crippen LogP contribution in [0.4, 0.5) is 0 Å². The van der Waals surface area contributed by atoms with Crippen LogP contribution in [0.15, 0.2) is 65.3 Å². The SMILES string of the molecule is CC(C)=CCC/C(C)=C/CC/C(C)=C\C[C@@]12Oc3cc(O)cc(O)c3C(=O)[C@@]1(O)Oc1cc(O)ccc12. The van der Waals surface area contributed by atoms with Crippen LogP contribution in [-0.4, -0.2) is 32.0 Å². The lowest BCUT2D eigenvalue weighted by molar-refractivity contribution is -0.201. The highest BCUT2D eigenvalue weighted by Gasteiger charge is 2.69. The van der Waals surface area contributed by atoms with Gasteiger partial charge in [0.05, 0.1) is 0 Å². The number of ether oxygens (including phenoxy) is 2. The van der Waals surface area contributed by atoms with Crippen LogP contribution in [-0.2, 0) is 5.60 Å². The van der Waals surface area contributed by atoms with Crippen LogP contribution < -0.4 is 9.47 Å². The predicted molar refractivity (Wildman–Crippen MR) is 140 cm³/mol. The minimum absolute atomic E-state index is 0.0577. The molecule has 0 saturated heterocycles. The second-order valence-corrected chi connectivity index (χ2v) is 10.2. The molecule has 0 saturated carbocycles. The topological polar surface area (TPSA) is 116 Å². The number of aliphatic hydroxyl groups is 1. The van der Waals surface area contributed by atoms with Gasteiger partial charge in [0, 0.05) is 30.2 Å². The molecule has 0 aliphatic carbocycles. The summed E-state index contributed by atoms with van der Waals surface area (Å²) in [5.74, 6) is -4.23. The Hall–Kier alpha value is -3.71. The van der Waals surface area contributed by atoms with Crippen LogP contribution in [0.1, 0.15) is 75.7 Å². The first-order valence-electron chi connectivity index (χ1n) is 12.5. The molecule has 2 aromatic rings. The van der Waals surface area contributed by atoms with Crippen molar-refractivity contribution in [2.75, 3.05) is 0 Å². The third-order valence-electron chi connectivity index (χ3n) is 6.95. The summed E-state index contributed by atoms with van der Waals surface area (Å²) < 4.78 is 12.0. The van der Waals surface area contributed by atoms with Gasteiger partial charge in [-0.25, -0.2) is 0 Å². The number of hydrogen-bond acceptors (Lipinski definition) is 7. The predicted octanol–water partition coefficient (Wildman–Crippen LogP) is 6.16. The molecule has 4 N–H and O–H groups in total. The Morgan fingerprint density at radius 1 is 0.838 bits per heavy atom. The van der Waals surface area contributed by atoms with Crippen LogP contribution in [0, 0.1) is 0 Å². The van der Waals surface area contributed by atoms with E-state index in [1.54, 1.807) is 6.07 Å². The van der Waals surface area contributed by atoms with Gasteiger partial charge >= 0.3 is 5.79 Å². The van der Waals surface area contributed by atoms with Crippen molar-refractivity contribution < 1.29 is 34.7 Å². The molecule has 196 valence electrons. The van der Waals surface area contributed by atoms with Gasteiger partial charge in [-0.1, -0.05) is 34.9 Å². The zero-order valence-corrected chi connectivity index (χ0v) is 21.7. The lowest BCUT2D eigenvalue weighted by atomic mass is 9.77. The van der Waals surface area contributed by atoms with Gasteiger partial charge in [-0.2, -0.15) is 0 Å². The molecule has 0 fully saturated rings. The van der Waals surface area contributed by atoms with Gasteiger partial charge in [0.15, 0.2) is 0 Å². The van der Waals surface area contributed by atoms with Gasteiger partial charge in [-0.15, -0.1) is 0 Å². The van der Waals surface area contributed by atoms with Gasteiger partial charge in [-0.05, 0) is 65.5 Å². The molecule has 7 heteroatoms. The summed E-state index contributed by atoms with van der Waals surface area (Å²) in [6.45, 7) is 8.30. The van der Waals surface area contributed by atoms with E-state index in [0.717, 1.165) is 37.3 Å².